The van der Waals surface area contributed by atoms with E-state index < -0.39 is 23.2 Å². The van der Waals surface area contributed by atoms with Gasteiger partial charge in [-0.3, -0.25) is 9.59 Å². The molecule has 1 aromatic carbocycles. The number of rotatable bonds is 2. The van der Waals surface area contributed by atoms with Gasteiger partial charge in [-0.25, -0.2) is 0 Å². The highest BCUT2D eigenvalue weighted by molar-refractivity contribution is 5.99. The third-order valence-corrected chi connectivity index (χ3v) is 5.61. The first-order valence-electron chi connectivity index (χ1n) is 9.30. The van der Waals surface area contributed by atoms with Gasteiger partial charge in [0.2, 0.25) is 5.91 Å². The van der Waals surface area contributed by atoms with Crippen LogP contribution in [0, 0.1) is 0 Å². The number of amides is 2. The highest BCUT2D eigenvalue weighted by Gasteiger charge is 2.46. The summed E-state index contributed by atoms with van der Waals surface area (Å²) < 4.78 is 51.3. The summed E-state index contributed by atoms with van der Waals surface area (Å²) in [5, 5.41) is 0. The topological polar surface area (TPSA) is 59.1 Å². The summed E-state index contributed by atoms with van der Waals surface area (Å²) in [6.07, 6.45) is -3.16. The standard InChI is InChI=1S/C19H21F3N2O4/c20-19(21,22)14-8-13(9-15(10-14)23-4-1-2-16(23)25)17(26)24-5-7-28-12-18(24)3-6-27-11-18/h8-10H,1-7,11-12H2. The molecule has 0 saturated carbocycles. The molecule has 1 spiro atoms. The Hall–Kier alpha value is -2.13. The molecule has 3 aliphatic heterocycles. The van der Waals surface area contributed by atoms with E-state index in [1.807, 2.05) is 0 Å². The van der Waals surface area contributed by atoms with Crippen LogP contribution in [0.1, 0.15) is 35.2 Å². The Bertz CT molecular complexity index is 790. The van der Waals surface area contributed by atoms with Crippen LogP contribution in [0.3, 0.4) is 0 Å². The average Bonchev–Trinajstić information content (AvgIpc) is 3.30. The molecule has 28 heavy (non-hydrogen) atoms. The second kappa shape index (κ2) is 7.04. The predicted octanol–water partition coefficient (Wildman–Crippen LogP) is 2.46. The molecule has 1 unspecified atom stereocenters. The van der Waals surface area contributed by atoms with Crippen molar-refractivity contribution in [1.82, 2.24) is 4.90 Å². The van der Waals surface area contributed by atoms with E-state index in [-0.39, 0.29) is 23.7 Å². The third-order valence-electron chi connectivity index (χ3n) is 5.61. The molecule has 9 heteroatoms. The number of hydrogen-bond donors (Lipinski definition) is 0. The van der Waals surface area contributed by atoms with Gasteiger partial charge < -0.3 is 19.3 Å². The SMILES string of the molecule is O=C1CCCN1c1cc(C(=O)N2CCOCC23CCOC3)cc(C(F)(F)F)c1. The summed E-state index contributed by atoms with van der Waals surface area (Å²) in [5.41, 5.74) is -1.53. The zero-order valence-electron chi connectivity index (χ0n) is 15.3. The van der Waals surface area contributed by atoms with Crippen LogP contribution in [-0.2, 0) is 20.4 Å². The van der Waals surface area contributed by atoms with Crippen molar-refractivity contribution < 1.29 is 32.2 Å². The largest absolute Gasteiger partial charge is 0.416 e. The Morgan fingerprint density at radius 1 is 1.07 bits per heavy atom. The van der Waals surface area contributed by atoms with Crippen LogP contribution < -0.4 is 4.90 Å². The molecule has 3 fully saturated rings. The number of alkyl halides is 3. The van der Waals surface area contributed by atoms with Gasteiger partial charge in [-0.2, -0.15) is 13.2 Å². The summed E-state index contributed by atoms with van der Waals surface area (Å²) in [7, 11) is 0. The second-order valence-electron chi connectivity index (χ2n) is 7.45. The first kappa shape index (κ1) is 19.2. The molecule has 0 aromatic heterocycles. The van der Waals surface area contributed by atoms with Crippen LogP contribution in [-0.4, -0.2) is 61.8 Å². The van der Waals surface area contributed by atoms with Gasteiger partial charge in [0.1, 0.15) is 0 Å². The molecule has 152 valence electrons. The van der Waals surface area contributed by atoms with Crippen molar-refractivity contribution >= 4 is 17.5 Å². The zero-order valence-corrected chi connectivity index (χ0v) is 15.3. The van der Waals surface area contributed by atoms with E-state index in [2.05, 4.69) is 0 Å². The van der Waals surface area contributed by atoms with E-state index in [0.29, 0.717) is 52.2 Å². The van der Waals surface area contributed by atoms with Crippen molar-refractivity contribution in [2.45, 2.75) is 31.0 Å². The molecule has 3 heterocycles. The van der Waals surface area contributed by atoms with Gasteiger partial charge in [-0.1, -0.05) is 0 Å². The van der Waals surface area contributed by atoms with Crippen molar-refractivity contribution in [3.8, 4) is 0 Å². The van der Waals surface area contributed by atoms with Gasteiger partial charge >= 0.3 is 6.18 Å². The van der Waals surface area contributed by atoms with Crippen LogP contribution in [0.15, 0.2) is 18.2 Å². The number of carbonyl (C=O) groups is 2. The molecule has 0 radical (unpaired) electrons. The molecule has 3 aliphatic rings. The van der Waals surface area contributed by atoms with Gasteiger partial charge in [0.25, 0.3) is 5.91 Å². The maximum Gasteiger partial charge on any atom is 0.416 e. The van der Waals surface area contributed by atoms with Crippen molar-refractivity contribution in [3.63, 3.8) is 0 Å². The average molecular weight is 398 g/mol. The summed E-state index contributed by atoms with van der Waals surface area (Å²) in [6.45, 7) is 2.04. The van der Waals surface area contributed by atoms with Crippen LogP contribution in [0.5, 0.6) is 0 Å². The zero-order chi connectivity index (χ0) is 19.9. The smallest absolute Gasteiger partial charge is 0.379 e. The van der Waals surface area contributed by atoms with E-state index >= 15 is 0 Å². The van der Waals surface area contributed by atoms with Crippen LogP contribution in [0.4, 0.5) is 18.9 Å². The van der Waals surface area contributed by atoms with E-state index in [4.69, 9.17) is 9.47 Å². The molecule has 6 nitrogen and oxygen atoms in total. The predicted molar refractivity (Wildman–Crippen MR) is 93.1 cm³/mol. The lowest BCUT2D eigenvalue weighted by atomic mass is 9.94. The molecular formula is C19H21F3N2O4. The second-order valence-corrected chi connectivity index (χ2v) is 7.45. The molecule has 1 aromatic rings. The Kier molecular flexibility index (Phi) is 4.83. The lowest BCUT2D eigenvalue weighted by Crippen LogP contribution is -2.59. The maximum absolute atomic E-state index is 13.5. The normalized spacial score (nSPS) is 25.8. The lowest BCUT2D eigenvalue weighted by Gasteiger charge is -2.43. The first-order chi connectivity index (χ1) is 13.3. The minimum atomic E-state index is -4.62. The fourth-order valence-corrected chi connectivity index (χ4v) is 4.10. The summed E-state index contributed by atoms with van der Waals surface area (Å²) in [5.74, 6) is -0.724. The number of benzene rings is 1. The van der Waals surface area contributed by atoms with Gasteiger partial charge in [0.05, 0.1) is 30.9 Å². The van der Waals surface area contributed by atoms with Gasteiger partial charge in [0, 0.05) is 37.4 Å². The lowest BCUT2D eigenvalue weighted by molar-refractivity contribution is -0.137. The molecule has 2 amide bonds. The van der Waals surface area contributed by atoms with Crippen molar-refractivity contribution in [1.29, 1.82) is 0 Å². The highest BCUT2D eigenvalue weighted by atomic mass is 19.4. The minimum absolute atomic E-state index is 0.0716. The van der Waals surface area contributed by atoms with Crippen LogP contribution >= 0.6 is 0 Å². The number of nitrogens with zero attached hydrogens (tertiary/aromatic N) is 2. The summed E-state index contributed by atoms with van der Waals surface area (Å²) in [6, 6.07) is 3.19. The van der Waals surface area contributed by atoms with E-state index in [9.17, 15) is 22.8 Å². The van der Waals surface area contributed by atoms with Crippen LogP contribution in [0.2, 0.25) is 0 Å². The van der Waals surface area contributed by atoms with Crippen molar-refractivity contribution in [2.24, 2.45) is 0 Å². The molecule has 1 atom stereocenters. The van der Waals surface area contributed by atoms with Crippen molar-refractivity contribution in [3.05, 3.63) is 29.3 Å². The molecular weight excluding hydrogens is 377 g/mol. The molecule has 0 bridgehead atoms. The number of hydrogen-bond acceptors (Lipinski definition) is 4. The number of morpholine rings is 1. The molecule has 0 aliphatic carbocycles. The fourth-order valence-electron chi connectivity index (χ4n) is 4.10. The monoisotopic (exact) mass is 398 g/mol. The molecule has 3 saturated heterocycles. The molecule has 4 rings (SSSR count). The number of anilines is 1. The quantitative estimate of drug-likeness (QED) is 0.768. The van der Waals surface area contributed by atoms with E-state index in [1.165, 1.54) is 11.0 Å². The number of halogens is 3. The van der Waals surface area contributed by atoms with Gasteiger partial charge in [-0.15, -0.1) is 0 Å². The number of carbonyl (C=O) groups excluding carboxylic acids is 2. The minimum Gasteiger partial charge on any atom is -0.379 e. The van der Waals surface area contributed by atoms with E-state index in [0.717, 1.165) is 12.1 Å². The third kappa shape index (κ3) is 3.37. The Morgan fingerprint density at radius 2 is 1.82 bits per heavy atom. The Labute approximate surface area is 160 Å². The van der Waals surface area contributed by atoms with E-state index in [1.54, 1.807) is 4.90 Å². The summed E-state index contributed by atoms with van der Waals surface area (Å²) in [4.78, 5) is 28.2. The number of ether oxygens (including phenoxy) is 2. The first-order valence-corrected chi connectivity index (χ1v) is 9.30. The Morgan fingerprint density at radius 3 is 2.46 bits per heavy atom. The van der Waals surface area contributed by atoms with Crippen LogP contribution in [0.25, 0.3) is 0 Å². The highest BCUT2D eigenvalue weighted by Crippen LogP contribution is 2.36. The van der Waals surface area contributed by atoms with Gasteiger partial charge in [-0.05, 0) is 31.0 Å². The Balaban J connectivity index is 1.73. The maximum atomic E-state index is 13.5. The van der Waals surface area contributed by atoms with Gasteiger partial charge in [0.15, 0.2) is 0 Å². The summed E-state index contributed by atoms with van der Waals surface area (Å²) >= 11 is 0. The fraction of sp³-hybridized carbons (Fsp3) is 0.579. The van der Waals surface area contributed by atoms with Crippen molar-refractivity contribution in [2.75, 3.05) is 44.4 Å². The molecule has 0 N–H and O–H groups in total.